The monoisotopic (exact) mass is 241 g/mol. The van der Waals surface area contributed by atoms with Gasteiger partial charge in [-0.25, -0.2) is 4.68 Å². The minimum Gasteiger partial charge on any atom is -0.467 e. The molecule has 0 atom stereocenters. The second-order valence-electron chi connectivity index (χ2n) is 3.69. The molecule has 2 aromatic heterocycles. The van der Waals surface area contributed by atoms with Crippen molar-refractivity contribution in [3.8, 4) is 0 Å². The summed E-state index contributed by atoms with van der Waals surface area (Å²) in [7, 11) is 0. The van der Waals surface area contributed by atoms with Gasteiger partial charge in [-0.1, -0.05) is 0 Å². The molecule has 4 nitrogen and oxygen atoms in total. The fourth-order valence-corrected chi connectivity index (χ4v) is 1.46. The van der Waals surface area contributed by atoms with E-state index in [4.69, 9.17) is 4.42 Å². The van der Waals surface area contributed by atoms with E-state index in [0.717, 1.165) is 11.6 Å². The summed E-state index contributed by atoms with van der Waals surface area (Å²) in [6.07, 6.45) is 3.47. The van der Waals surface area contributed by atoms with E-state index >= 15 is 0 Å². The molecule has 0 aliphatic heterocycles. The lowest BCUT2D eigenvalue weighted by Crippen LogP contribution is -2.09. The first-order chi connectivity index (χ1) is 7.27. The SMILES string of the molecule is CC(C)n1nccc1NCc1ccco1.Cl. The molecule has 2 heterocycles. The maximum absolute atomic E-state index is 5.24. The molecular weight excluding hydrogens is 226 g/mol. The summed E-state index contributed by atoms with van der Waals surface area (Å²) in [6, 6.07) is 6.15. The zero-order chi connectivity index (χ0) is 10.7. The van der Waals surface area contributed by atoms with Crippen molar-refractivity contribution in [2.24, 2.45) is 0 Å². The molecule has 2 aromatic rings. The molecule has 88 valence electrons. The molecule has 0 aromatic carbocycles. The molecule has 2 rings (SSSR count). The van der Waals surface area contributed by atoms with Crippen molar-refractivity contribution in [1.82, 2.24) is 9.78 Å². The van der Waals surface area contributed by atoms with Gasteiger partial charge in [-0.2, -0.15) is 5.10 Å². The maximum Gasteiger partial charge on any atom is 0.124 e. The van der Waals surface area contributed by atoms with Gasteiger partial charge in [0.2, 0.25) is 0 Å². The zero-order valence-corrected chi connectivity index (χ0v) is 10.2. The Labute approximate surface area is 101 Å². The van der Waals surface area contributed by atoms with Crippen LogP contribution in [0, 0.1) is 0 Å². The average Bonchev–Trinajstić information content (AvgIpc) is 2.86. The Kier molecular flexibility index (Phi) is 4.43. The number of nitrogens with one attached hydrogen (secondary N) is 1. The summed E-state index contributed by atoms with van der Waals surface area (Å²) >= 11 is 0. The topological polar surface area (TPSA) is 43.0 Å². The van der Waals surface area contributed by atoms with E-state index in [1.165, 1.54) is 0 Å². The smallest absolute Gasteiger partial charge is 0.124 e. The van der Waals surface area contributed by atoms with Gasteiger partial charge < -0.3 is 9.73 Å². The Bertz CT molecular complexity index is 409. The van der Waals surface area contributed by atoms with Crippen LogP contribution in [0.3, 0.4) is 0 Å². The lowest BCUT2D eigenvalue weighted by Gasteiger charge is -2.11. The molecule has 0 spiro atoms. The van der Waals surface area contributed by atoms with Crippen LogP contribution >= 0.6 is 12.4 Å². The van der Waals surface area contributed by atoms with E-state index in [0.29, 0.717) is 12.6 Å². The normalized spacial score (nSPS) is 10.2. The molecule has 0 saturated carbocycles. The quantitative estimate of drug-likeness (QED) is 0.895. The number of rotatable bonds is 4. The second-order valence-corrected chi connectivity index (χ2v) is 3.69. The van der Waals surface area contributed by atoms with Crippen molar-refractivity contribution < 1.29 is 4.42 Å². The van der Waals surface area contributed by atoms with Gasteiger partial charge >= 0.3 is 0 Å². The fraction of sp³-hybridized carbons (Fsp3) is 0.364. The molecule has 0 aliphatic carbocycles. The lowest BCUT2D eigenvalue weighted by atomic mass is 10.4. The van der Waals surface area contributed by atoms with Gasteiger partial charge in [0.15, 0.2) is 0 Å². The molecule has 0 radical (unpaired) electrons. The van der Waals surface area contributed by atoms with Crippen LogP contribution in [0.25, 0.3) is 0 Å². The Morgan fingerprint density at radius 1 is 1.44 bits per heavy atom. The van der Waals surface area contributed by atoms with Crippen molar-refractivity contribution in [3.05, 3.63) is 36.4 Å². The Hall–Kier alpha value is -1.42. The molecule has 0 fully saturated rings. The van der Waals surface area contributed by atoms with Gasteiger partial charge in [-0.15, -0.1) is 12.4 Å². The maximum atomic E-state index is 5.24. The van der Waals surface area contributed by atoms with Gasteiger partial charge in [0, 0.05) is 12.1 Å². The molecule has 0 bridgehead atoms. The Balaban J connectivity index is 0.00000128. The molecule has 16 heavy (non-hydrogen) atoms. The van der Waals surface area contributed by atoms with E-state index in [-0.39, 0.29) is 12.4 Å². The lowest BCUT2D eigenvalue weighted by molar-refractivity contribution is 0.511. The van der Waals surface area contributed by atoms with Crippen LogP contribution in [-0.2, 0) is 6.54 Å². The van der Waals surface area contributed by atoms with Crippen molar-refractivity contribution in [2.75, 3.05) is 5.32 Å². The minimum absolute atomic E-state index is 0. The first-order valence-electron chi connectivity index (χ1n) is 5.07. The first-order valence-corrected chi connectivity index (χ1v) is 5.07. The summed E-state index contributed by atoms with van der Waals surface area (Å²) < 4.78 is 7.19. The molecule has 0 aliphatic rings. The predicted molar refractivity (Wildman–Crippen MR) is 65.9 cm³/mol. The number of hydrogen-bond acceptors (Lipinski definition) is 3. The van der Waals surface area contributed by atoms with Crippen molar-refractivity contribution in [1.29, 1.82) is 0 Å². The van der Waals surface area contributed by atoms with Crippen LogP contribution in [-0.4, -0.2) is 9.78 Å². The van der Waals surface area contributed by atoms with E-state index in [9.17, 15) is 0 Å². The number of hydrogen-bond donors (Lipinski definition) is 1. The average molecular weight is 242 g/mol. The van der Waals surface area contributed by atoms with Gasteiger partial charge in [0.05, 0.1) is 19.0 Å². The Morgan fingerprint density at radius 3 is 2.88 bits per heavy atom. The molecule has 0 saturated heterocycles. The second kappa shape index (κ2) is 5.61. The summed E-state index contributed by atoms with van der Waals surface area (Å²) in [5, 5.41) is 7.52. The van der Waals surface area contributed by atoms with E-state index in [1.54, 1.807) is 12.5 Å². The van der Waals surface area contributed by atoms with E-state index in [2.05, 4.69) is 24.3 Å². The highest BCUT2D eigenvalue weighted by molar-refractivity contribution is 5.85. The summed E-state index contributed by atoms with van der Waals surface area (Å²) in [6.45, 7) is 4.89. The molecule has 0 unspecified atom stereocenters. The van der Waals surface area contributed by atoms with E-state index in [1.807, 2.05) is 22.9 Å². The first kappa shape index (κ1) is 12.6. The highest BCUT2D eigenvalue weighted by atomic mass is 35.5. The van der Waals surface area contributed by atoms with Crippen LogP contribution in [0.2, 0.25) is 0 Å². The van der Waals surface area contributed by atoms with Crippen LogP contribution < -0.4 is 5.32 Å². The molecular formula is C11H16ClN3O. The van der Waals surface area contributed by atoms with Gasteiger partial charge in [0.1, 0.15) is 11.6 Å². The van der Waals surface area contributed by atoms with Gasteiger partial charge in [-0.3, -0.25) is 0 Å². The molecule has 0 amide bonds. The summed E-state index contributed by atoms with van der Waals surface area (Å²) in [5.41, 5.74) is 0. The third kappa shape index (κ3) is 2.79. The molecule has 5 heteroatoms. The summed E-state index contributed by atoms with van der Waals surface area (Å²) in [4.78, 5) is 0. The van der Waals surface area contributed by atoms with E-state index < -0.39 is 0 Å². The minimum atomic E-state index is 0. The number of aromatic nitrogens is 2. The largest absolute Gasteiger partial charge is 0.467 e. The van der Waals surface area contributed by atoms with Gasteiger partial charge in [0.25, 0.3) is 0 Å². The number of furan rings is 1. The van der Waals surface area contributed by atoms with Gasteiger partial charge in [-0.05, 0) is 26.0 Å². The van der Waals surface area contributed by atoms with Crippen molar-refractivity contribution in [2.45, 2.75) is 26.4 Å². The predicted octanol–water partition coefficient (Wildman–Crippen LogP) is 3.09. The van der Waals surface area contributed by atoms with Crippen LogP contribution in [0.15, 0.2) is 35.1 Å². The highest BCUT2D eigenvalue weighted by Crippen LogP contribution is 2.14. The van der Waals surface area contributed by atoms with Crippen LogP contribution in [0.1, 0.15) is 25.6 Å². The third-order valence-corrected chi connectivity index (χ3v) is 2.18. The number of halogens is 1. The number of anilines is 1. The Morgan fingerprint density at radius 2 is 2.25 bits per heavy atom. The van der Waals surface area contributed by atoms with Crippen molar-refractivity contribution in [3.63, 3.8) is 0 Å². The standard InChI is InChI=1S/C11H15N3O.ClH/c1-9(2)14-11(5-6-13-14)12-8-10-4-3-7-15-10;/h3-7,9,12H,8H2,1-2H3;1H. The molecule has 1 N–H and O–H groups in total. The summed E-state index contributed by atoms with van der Waals surface area (Å²) in [5.74, 6) is 1.94. The number of nitrogens with zero attached hydrogens (tertiary/aromatic N) is 2. The van der Waals surface area contributed by atoms with Crippen molar-refractivity contribution >= 4 is 18.2 Å². The zero-order valence-electron chi connectivity index (χ0n) is 9.38. The van der Waals surface area contributed by atoms with Crippen LogP contribution in [0.4, 0.5) is 5.82 Å². The third-order valence-electron chi connectivity index (χ3n) is 2.18. The highest BCUT2D eigenvalue weighted by Gasteiger charge is 2.05. The fourth-order valence-electron chi connectivity index (χ4n) is 1.46. The van der Waals surface area contributed by atoms with Crippen LogP contribution in [0.5, 0.6) is 0 Å².